The van der Waals surface area contributed by atoms with Crippen molar-refractivity contribution in [1.29, 1.82) is 0 Å². The molecule has 1 aromatic carbocycles. The van der Waals surface area contributed by atoms with Crippen LogP contribution in [-0.2, 0) is 15.1 Å². The second-order valence-electron chi connectivity index (χ2n) is 6.25. The van der Waals surface area contributed by atoms with Gasteiger partial charge in [-0.25, -0.2) is 4.79 Å². The molecule has 2 fully saturated rings. The number of ether oxygens (including phenoxy) is 1. The molecule has 2 aliphatic heterocycles. The second kappa shape index (κ2) is 5.72. The predicted molar refractivity (Wildman–Crippen MR) is 82.4 cm³/mol. The van der Waals surface area contributed by atoms with Crippen molar-refractivity contribution >= 4 is 11.9 Å². The third-order valence-corrected chi connectivity index (χ3v) is 4.66. The Balaban J connectivity index is 1.77. The molecule has 5 heteroatoms. The zero-order valence-corrected chi connectivity index (χ0v) is 13.1. The minimum absolute atomic E-state index is 0.172. The number of benzene rings is 1. The molecule has 0 radical (unpaired) electrons. The molecule has 5 nitrogen and oxygen atoms in total. The molecule has 2 saturated heterocycles. The van der Waals surface area contributed by atoms with E-state index in [9.17, 15) is 9.59 Å². The molecule has 22 heavy (non-hydrogen) atoms. The van der Waals surface area contributed by atoms with E-state index in [1.54, 1.807) is 6.92 Å². The van der Waals surface area contributed by atoms with E-state index in [2.05, 4.69) is 5.32 Å². The smallest absolute Gasteiger partial charge is 0.325 e. The molecular formula is C17H22N2O3. The number of hydrogen-bond donors (Lipinski definition) is 1. The Morgan fingerprint density at radius 3 is 2.82 bits per heavy atom. The van der Waals surface area contributed by atoms with E-state index in [1.807, 2.05) is 31.2 Å². The molecule has 2 heterocycles. The first kappa shape index (κ1) is 15.0. The molecule has 0 saturated carbocycles. The third-order valence-electron chi connectivity index (χ3n) is 4.66. The maximum Gasteiger partial charge on any atom is 0.325 e. The van der Waals surface area contributed by atoms with E-state index < -0.39 is 5.54 Å². The van der Waals surface area contributed by atoms with Crippen LogP contribution in [0.25, 0.3) is 0 Å². The van der Waals surface area contributed by atoms with Crippen LogP contribution in [0.1, 0.15) is 37.3 Å². The van der Waals surface area contributed by atoms with Gasteiger partial charge in [0.15, 0.2) is 0 Å². The Kier molecular flexibility index (Phi) is 3.91. The average molecular weight is 302 g/mol. The molecule has 3 amide bonds. The molecule has 0 spiro atoms. The number of carbonyl (C=O) groups is 2. The first-order valence-electron chi connectivity index (χ1n) is 7.84. The van der Waals surface area contributed by atoms with Crippen LogP contribution in [0.3, 0.4) is 0 Å². The highest BCUT2D eigenvalue weighted by Gasteiger charge is 2.49. The van der Waals surface area contributed by atoms with Crippen LogP contribution < -0.4 is 5.32 Å². The molecule has 0 aromatic heterocycles. The Labute approximate surface area is 130 Å². The van der Waals surface area contributed by atoms with Gasteiger partial charge in [0.1, 0.15) is 5.54 Å². The molecule has 0 bridgehead atoms. The predicted octanol–water partition coefficient (Wildman–Crippen LogP) is 2.33. The fraction of sp³-hybridized carbons (Fsp3) is 0.529. The van der Waals surface area contributed by atoms with Crippen molar-refractivity contribution in [3.63, 3.8) is 0 Å². The van der Waals surface area contributed by atoms with Gasteiger partial charge < -0.3 is 10.1 Å². The normalized spacial score (nSPS) is 28.3. The van der Waals surface area contributed by atoms with Crippen molar-refractivity contribution in [2.24, 2.45) is 0 Å². The summed E-state index contributed by atoms with van der Waals surface area (Å²) < 4.78 is 5.57. The standard InChI is InChI=1S/C17H22N2O3/c1-12-6-3-4-8-14(12)17(2)15(20)19(16(21)18-17)10-9-13-7-5-11-22-13/h3-4,6,8,13H,5,7,9-11H2,1-2H3,(H,18,21)/t13-,17+/m1/s1. The van der Waals surface area contributed by atoms with Gasteiger partial charge in [-0.1, -0.05) is 24.3 Å². The molecule has 1 aromatic rings. The monoisotopic (exact) mass is 302 g/mol. The lowest BCUT2D eigenvalue weighted by atomic mass is 9.88. The fourth-order valence-electron chi connectivity index (χ4n) is 3.36. The lowest BCUT2D eigenvalue weighted by Crippen LogP contribution is -2.41. The SMILES string of the molecule is Cc1ccccc1[C@]1(C)NC(=O)N(CC[C@H]2CCCO2)C1=O. The van der Waals surface area contributed by atoms with Crippen molar-refractivity contribution in [3.8, 4) is 0 Å². The second-order valence-corrected chi connectivity index (χ2v) is 6.25. The summed E-state index contributed by atoms with van der Waals surface area (Å²) >= 11 is 0. The quantitative estimate of drug-likeness (QED) is 0.868. The number of imide groups is 1. The molecule has 118 valence electrons. The summed E-state index contributed by atoms with van der Waals surface area (Å²) in [6.45, 7) is 4.93. The highest BCUT2D eigenvalue weighted by Crippen LogP contribution is 2.31. The zero-order valence-electron chi connectivity index (χ0n) is 13.1. The number of nitrogens with one attached hydrogen (secondary N) is 1. The van der Waals surface area contributed by atoms with Gasteiger partial charge in [0.05, 0.1) is 6.10 Å². The molecule has 3 rings (SSSR count). The highest BCUT2D eigenvalue weighted by atomic mass is 16.5. The van der Waals surface area contributed by atoms with Crippen LogP contribution in [0, 0.1) is 6.92 Å². The molecule has 2 atom stereocenters. The van der Waals surface area contributed by atoms with Gasteiger partial charge in [0, 0.05) is 13.2 Å². The zero-order chi connectivity index (χ0) is 15.7. The summed E-state index contributed by atoms with van der Waals surface area (Å²) in [6.07, 6.45) is 2.96. The van der Waals surface area contributed by atoms with Crippen molar-refractivity contribution < 1.29 is 14.3 Å². The fourth-order valence-corrected chi connectivity index (χ4v) is 3.36. The summed E-state index contributed by atoms with van der Waals surface area (Å²) in [5, 5.41) is 2.86. The van der Waals surface area contributed by atoms with Crippen molar-refractivity contribution in [2.45, 2.75) is 44.8 Å². The Bertz CT molecular complexity index is 595. The van der Waals surface area contributed by atoms with Crippen molar-refractivity contribution in [3.05, 3.63) is 35.4 Å². The van der Waals surface area contributed by atoms with Gasteiger partial charge in [0.2, 0.25) is 0 Å². The first-order valence-corrected chi connectivity index (χ1v) is 7.84. The minimum Gasteiger partial charge on any atom is -0.378 e. The number of amides is 3. The largest absolute Gasteiger partial charge is 0.378 e. The van der Waals surface area contributed by atoms with Gasteiger partial charge >= 0.3 is 6.03 Å². The van der Waals surface area contributed by atoms with E-state index >= 15 is 0 Å². The summed E-state index contributed by atoms with van der Waals surface area (Å²) in [6, 6.07) is 7.36. The van der Waals surface area contributed by atoms with Crippen molar-refractivity contribution in [1.82, 2.24) is 10.2 Å². The van der Waals surface area contributed by atoms with Gasteiger partial charge in [-0.2, -0.15) is 0 Å². The lowest BCUT2D eigenvalue weighted by Gasteiger charge is -2.24. The summed E-state index contributed by atoms with van der Waals surface area (Å²) in [4.78, 5) is 26.4. The molecule has 0 aliphatic carbocycles. The summed E-state index contributed by atoms with van der Waals surface area (Å²) in [7, 11) is 0. The van der Waals surface area contributed by atoms with Crippen LogP contribution in [-0.4, -0.2) is 36.1 Å². The number of nitrogens with zero attached hydrogens (tertiary/aromatic N) is 1. The lowest BCUT2D eigenvalue weighted by molar-refractivity contribution is -0.131. The summed E-state index contributed by atoms with van der Waals surface area (Å²) in [5.74, 6) is -0.176. The van der Waals surface area contributed by atoms with E-state index in [0.717, 1.165) is 30.6 Å². The van der Waals surface area contributed by atoms with E-state index in [-0.39, 0.29) is 18.0 Å². The van der Waals surface area contributed by atoms with Crippen LogP contribution in [0.5, 0.6) is 0 Å². The first-order chi connectivity index (χ1) is 10.5. The van der Waals surface area contributed by atoms with E-state index in [4.69, 9.17) is 4.74 Å². The highest BCUT2D eigenvalue weighted by molar-refractivity contribution is 6.07. The third kappa shape index (κ3) is 2.50. The topological polar surface area (TPSA) is 58.6 Å². The maximum atomic E-state index is 12.8. The average Bonchev–Trinajstić information content (AvgIpc) is 3.07. The van der Waals surface area contributed by atoms with Crippen LogP contribution >= 0.6 is 0 Å². The van der Waals surface area contributed by atoms with E-state index in [1.165, 1.54) is 4.90 Å². The summed E-state index contributed by atoms with van der Waals surface area (Å²) in [5.41, 5.74) is 0.881. The van der Waals surface area contributed by atoms with Gasteiger partial charge in [0.25, 0.3) is 5.91 Å². The number of urea groups is 1. The molecular weight excluding hydrogens is 280 g/mol. The Morgan fingerprint density at radius 2 is 2.14 bits per heavy atom. The maximum absolute atomic E-state index is 12.8. The Morgan fingerprint density at radius 1 is 1.36 bits per heavy atom. The number of aryl methyl sites for hydroxylation is 1. The molecule has 1 N–H and O–H groups in total. The number of carbonyl (C=O) groups excluding carboxylic acids is 2. The van der Waals surface area contributed by atoms with Gasteiger partial charge in [-0.3, -0.25) is 9.69 Å². The van der Waals surface area contributed by atoms with Gasteiger partial charge in [-0.15, -0.1) is 0 Å². The van der Waals surface area contributed by atoms with Crippen LogP contribution in [0.4, 0.5) is 4.79 Å². The number of rotatable bonds is 4. The Hall–Kier alpha value is -1.88. The molecule has 2 aliphatic rings. The van der Waals surface area contributed by atoms with Crippen LogP contribution in [0.2, 0.25) is 0 Å². The van der Waals surface area contributed by atoms with E-state index in [0.29, 0.717) is 13.0 Å². The minimum atomic E-state index is -0.973. The van der Waals surface area contributed by atoms with Crippen LogP contribution in [0.15, 0.2) is 24.3 Å². The molecule has 0 unspecified atom stereocenters. The van der Waals surface area contributed by atoms with Crippen molar-refractivity contribution in [2.75, 3.05) is 13.2 Å². The van der Waals surface area contributed by atoms with Gasteiger partial charge in [-0.05, 0) is 44.2 Å². The number of hydrogen-bond acceptors (Lipinski definition) is 3.